The highest BCUT2D eigenvalue weighted by Gasteiger charge is 2.14. The van der Waals surface area contributed by atoms with Gasteiger partial charge in [-0.05, 0) is 20.3 Å². The van der Waals surface area contributed by atoms with Crippen molar-refractivity contribution in [1.29, 1.82) is 0 Å². The van der Waals surface area contributed by atoms with Crippen molar-refractivity contribution in [2.45, 2.75) is 46.1 Å². The maximum absolute atomic E-state index is 11.7. The fraction of sp³-hybridized carbons (Fsp3) is 0.636. The minimum Gasteiger partial charge on any atom is -0.320 e. The molecule has 6 nitrogen and oxygen atoms in total. The molecule has 3 N–H and O–H groups in total. The highest BCUT2D eigenvalue weighted by atomic mass is 16.2. The van der Waals surface area contributed by atoms with E-state index >= 15 is 0 Å². The van der Waals surface area contributed by atoms with Crippen molar-refractivity contribution in [2.24, 2.45) is 5.73 Å². The summed E-state index contributed by atoms with van der Waals surface area (Å²) < 4.78 is 0. The van der Waals surface area contributed by atoms with Crippen molar-refractivity contribution in [3.8, 4) is 0 Å². The Bertz CT molecular complexity index is 393. The Kier molecular flexibility index (Phi) is 4.96. The lowest BCUT2D eigenvalue weighted by Gasteiger charge is -2.10. The number of nitrogens with two attached hydrogens (primary N) is 1. The third-order valence-electron chi connectivity index (χ3n) is 2.53. The maximum atomic E-state index is 11.7. The summed E-state index contributed by atoms with van der Waals surface area (Å²) in [7, 11) is 0. The summed E-state index contributed by atoms with van der Waals surface area (Å²) in [4.78, 5) is 15.8. The second-order valence-electron chi connectivity index (χ2n) is 4.04. The van der Waals surface area contributed by atoms with Crippen molar-refractivity contribution in [3.05, 3.63) is 11.4 Å². The van der Waals surface area contributed by atoms with Gasteiger partial charge in [-0.15, -0.1) is 5.10 Å². The Morgan fingerprint density at radius 2 is 2.06 bits per heavy atom. The maximum Gasteiger partial charge on any atom is 0.249 e. The number of carbonyl (C=O) groups is 1. The highest BCUT2D eigenvalue weighted by Crippen LogP contribution is 2.04. The quantitative estimate of drug-likeness (QED) is 0.795. The molecule has 0 fully saturated rings. The topological polar surface area (TPSA) is 93.8 Å². The van der Waals surface area contributed by atoms with Crippen molar-refractivity contribution in [2.75, 3.05) is 5.32 Å². The molecule has 0 saturated carbocycles. The van der Waals surface area contributed by atoms with Gasteiger partial charge in [-0.25, -0.2) is 4.98 Å². The van der Waals surface area contributed by atoms with E-state index in [9.17, 15) is 4.79 Å². The first-order valence-corrected chi connectivity index (χ1v) is 5.79. The molecule has 0 radical (unpaired) electrons. The number of hydrogen-bond donors (Lipinski definition) is 2. The zero-order valence-electron chi connectivity index (χ0n) is 10.5. The fourth-order valence-corrected chi connectivity index (χ4v) is 1.27. The van der Waals surface area contributed by atoms with Crippen LogP contribution in [0.15, 0.2) is 0 Å². The van der Waals surface area contributed by atoms with E-state index in [1.54, 1.807) is 0 Å². The number of aromatic nitrogens is 3. The number of unbranched alkanes of at least 4 members (excludes halogenated alkanes) is 1. The molecule has 0 spiro atoms. The highest BCUT2D eigenvalue weighted by molar-refractivity contribution is 5.93. The predicted octanol–water partition coefficient (Wildman–Crippen LogP) is 0.944. The number of nitrogens with one attached hydrogen (secondary N) is 1. The summed E-state index contributed by atoms with van der Waals surface area (Å²) >= 11 is 0. The van der Waals surface area contributed by atoms with Crippen LogP contribution in [0, 0.1) is 13.8 Å². The molecule has 1 aromatic heterocycles. The molecule has 1 amide bonds. The van der Waals surface area contributed by atoms with Crippen molar-refractivity contribution in [1.82, 2.24) is 15.2 Å². The van der Waals surface area contributed by atoms with Crippen LogP contribution >= 0.6 is 0 Å². The van der Waals surface area contributed by atoms with Crippen LogP contribution in [-0.2, 0) is 4.79 Å². The van der Waals surface area contributed by atoms with Crippen molar-refractivity contribution >= 4 is 11.9 Å². The van der Waals surface area contributed by atoms with Crippen LogP contribution in [0.25, 0.3) is 0 Å². The zero-order valence-corrected chi connectivity index (χ0v) is 10.5. The average Bonchev–Trinajstić information content (AvgIpc) is 2.30. The van der Waals surface area contributed by atoms with Crippen LogP contribution < -0.4 is 11.1 Å². The molecule has 0 aromatic carbocycles. The van der Waals surface area contributed by atoms with Gasteiger partial charge in [-0.1, -0.05) is 19.8 Å². The smallest absolute Gasteiger partial charge is 0.249 e. The number of amides is 1. The second kappa shape index (κ2) is 6.24. The van der Waals surface area contributed by atoms with Gasteiger partial charge in [0.25, 0.3) is 0 Å². The van der Waals surface area contributed by atoms with E-state index in [0.717, 1.165) is 24.2 Å². The summed E-state index contributed by atoms with van der Waals surface area (Å²) in [5.41, 5.74) is 7.23. The summed E-state index contributed by atoms with van der Waals surface area (Å²) in [6, 6.07) is -0.514. The van der Waals surface area contributed by atoms with E-state index in [-0.39, 0.29) is 11.9 Å². The minimum absolute atomic E-state index is 0.213. The number of rotatable bonds is 5. The normalized spacial score (nSPS) is 12.2. The SMILES string of the molecule is CCCCC(N)C(=O)Nc1nnc(C)c(C)n1. The van der Waals surface area contributed by atoms with E-state index in [1.165, 1.54) is 0 Å². The molecule has 1 unspecified atom stereocenters. The molecule has 6 heteroatoms. The standard InChI is InChI=1S/C11H19N5O/c1-4-5-6-9(12)10(17)14-11-13-7(2)8(3)15-16-11/h9H,4-6,12H2,1-3H3,(H,13,14,16,17). The minimum atomic E-state index is -0.514. The molecule has 0 aliphatic heterocycles. The van der Waals surface area contributed by atoms with Crippen LogP contribution in [-0.4, -0.2) is 27.1 Å². The molecule has 0 aliphatic rings. The predicted molar refractivity (Wildman–Crippen MR) is 65.4 cm³/mol. The van der Waals surface area contributed by atoms with Gasteiger partial charge in [0.1, 0.15) is 0 Å². The molecule has 1 aromatic rings. The summed E-state index contributed by atoms with van der Waals surface area (Å²) in [6.45, 7) is 5.69. The van der Waals surface area contributed by atoms with Gasteiger partial charge < -0.3 is 5.73 Å². The molecular formula is C11H19N5O. The van der Waals surface area contributed by atoms with E-state index < -0.39 is 6.04 Å². The van der Waals surface area contributed by atoms with Gasteiger partial charge in [0.05, 0.1) is 17.4 Å². The Balaban J connectivity index is 2.58. The third kappa shape index (κ3) is 4.07. The summed E-state index contributed by atoms with van der Waals surface area (Å²) in [5, 5.41) is 10.2. The van der Waals surface area contributed by atoms with Crippen LogP contribution in [0.3, 0.4) is 0 Å². The molecule has 0 aliphatic carbocycles. The van der Waals surface area contributed by atoms with E-state index in [4.69, 9.17) is 5.73 Å². The molecule has 1 heterocycles. The van der Waals surface area contributed by atoms with Crippen molar-refractivity contribution < 1.29 is 4.79 Å². The van der Waals surface area contributed by atoms with Crippen molar-refractivity contribution in [3.63, 3.8) is 0 Å². The number of aryl methyl sites for hydroxylation is 2. The first-order chi connectivity index (χ1) is 8.04. The first-order valence-electron chi connectivity index (χ1n) is 5.79. The monoisotopic (exact) mass is 237 g/mol. The van der Waals surface area contributed by atoms with Gasteiger partial charge in [0, 0.05) is 0 Å². The van der Waals surface area contributed by atoms with Gasteiger partial charge in [-0.3, -0.25) is 10.1 Å². The van der Waals surface area contributed by atoms with Gasteiger partial charge in [0.15, 0.2) is 0 Å². The first kappa shape index (κ1) is 13.5. The van der Waals surface area contributed by atoms with E-state index in [1.807, 2.05) is 13.8 Å². The molecule has 0 saturated heterocycles. The Morgan fingerprint density at radius 3 is 2.65 bits per heavy atom. The molecule has 1 atom stereocenters. The van der Waals surface area contributed by atoms with Gasteiger partial charge in [-0.2, -0.15) is 5.10 Å². The molecule has 17 heavy (non-hydrogen) atoms. The number of hydrogen-bond acceptors (Lipinski definition) is 5. The Hall–Kier alpha value is -1.56. The average molecular weight is 237 g/mol. The molecule has 94 valence electrons. The second-order valence-corrected chi connectivity index (χ2v) is 4.04. The number of nitrogens with zero attached hydrogens (tertiary/aromatic N) is 3. The fourth-order valence-electron chi connectivity index (χ4n) is 1.27. The van der Waals surface area contributed by atoms with Crippen LogP contribution in [0.2, 0.25) is 0 Å². The summed E-state index contributed by atoms with van der Waals surface area (Å²) in [5.74, 6) is -0.0476. The van der Waals surface area contributed by atoms with Crippen LogP contribution in [0.4, 0.5) is 5.95 Å². The number of carbonyl (C=O) groups excluding carboxylic acids is 1. The lowest BCUT2D eigenvalue weighted by Crippen LogP contribution is -2.36. The largest absolute Gasteiger partial charge is 0.320 e. The van der Waals surface area contributed by atoms with Gasteiger partial charge in [0.2, 0.25) is 11.9 Å². The number of anilines is 1. The summed E-state index contributed by atoms with van der Waals surface area (Å²) in [6.07, 6.45) is 2.61. The lowest BCUT2D eigenvalue weighted by atomic mass is 10.1. The molecule has 1 rings (SSSR count). The lowest BCUT2D eigenvalue weighted by molar-refractivity contribution is -0.117. The third-order valence-corrected chi connectivity index (χ3v) is 2.53. The van der Waals surface area contributed by atoms with Gasteiger partial charge >= 0.3 is 0 Å². The zero-order chi connectivity index (χ0) is 12.8. The Morgan fingerprint density at radius 1 is 1.35 bits per heavy atom. The van der Waals surface area contributed by atoms with E-state index in [0.29, 0.717) is 6.42 Å². The molecular weight excluding hydrogens is 218 g/mol. The molecule has 0 bridgehead atoms. The van der Waals surface area contributed by atoms with Crippen LogP contribution in [0.5, 0.6) is 0 Å². The van der Waals surface area contributed by atoms with Crippen LogP contribution in [0.1, 0.15) is 37.6 Å². The Labute approximate surface area is 101 Å². The van der Waals surface area contributed by atoms with E-state index in [2.05, 4.69) is 27.4 Å².